The second-order valence-corrected chi connectivity index (χ2v) is 1.53. The molecular weight excluding hydrogens is 104 g/mol. The molecule has 1 atom stereocenters. The third-order valence-corrected chi connectivity index (χ3v) is 0.996. The van der Waals surface area contributed by atoms with Gasteiger partial charge in [-0.3, -0.25) is 4.79 Å². The van der Waals surface area contributed by atoms with E-state index in [2.05, 4.69) is 11.3 Å². The van der Waals surface area contributed by atoms with Gasteiger partial charge in [-0.25, -0.2) is 0 Å². The first-order valence-electron chi connectivity index (χ1n) is 2.34. The van der Waals surface area contributed by atoms with Gasteiger partial charge in [0.2, 0.25) is 0 Å². The van der Waals surface area contributed by atoms with Gasteiger partial charge in [-0.2, -0.15) is 0 Å². The molecule has 0 aromatic rings. The predicted octanol–water partition coefficient (Wildman–Crippen LogP) is 0.859. The van der Waals surface area contributed by atoms with Crippen LogP contribution < -0.4 is 0 Å². The zero-order chi connectivity index (χ0) is 5.98. The van der Waals surface area contributed by atoms with Gasteiger partial charge in [-0.15, -0.1) is 6.58 Å². The summed E-state index contributed by atoms with van der Waals surface area (Å²) in [5, 5.41) is 0. The molecule has 1 heterocycles. The average Bonchev–Trinajstić information content (AvgIpc) is 2.14. The molecule has 1 aliphatic rings. The van der Waals surface area contributed by atoms with Gasteiger partial charge in [0.1, 0.15) is 0 Å². The van der Waals surface area contributed by atoms with Crippen molar-refractivity contribution >= 4 is 5.97 Å². The number of hydrogen-bond acceptors (Lipinski definition) is 2. The summed E-state index contributed by atoms with van der Waals surface area (Å²) in [6.07, 6.45) is 4.59. The van der Waals surface area contributed by atoms with Crippen LogP contribution >= 0.6 is 0 Å². The van der Waals surface area contributed by atoms with Crippen molar-refractivity contribution in [2.24, 2.45) is 5.92 Å². The van der Waals surface area contributed by atoms with E-state index in [1.807, 2.05) is 0 Å². The molecule has 0 saturated heterocycles. The molecule has 42 valence electrons. The highest BCUT2D eigenvalue weighted by atomic mass is 16.5. The summed E-state index contributed by atoms with van der Waals surface area (Å²) < 4.78 is 4.47. The lowest BCUT2D eigenvalue weighted by atomic mass is 10.2. The Hall–Kier alpha value is -1.05. The van der Waals surface area contributed by atoms with Crippen LogP contribution in [0.5, 0.6) is 0 Å². The summed E-state index contributed by atoms with van der Waals surface area (Å²) in [7, 11) is 0. The molecule has 0 radical (unpaired) electrons. The number of rotatable bonds is 1. The first-order chi connectivity index (χ1) is 3.84. The van der Waals surface area contributed by atoms with Crippen LogP contribution in [0.15, 0.2) is 25.0 Å². The monoisotopic (exact) mass is 110 g/mol. The smallest absolute Gasteiger partial charge is 0.321 e. The van der Waals surface area contributed by atoms with E-state index < -0.39 is 0 Å². The SMILES string of the molecule is C=CC1C=COC1=O. The van der Waals surface area contributed by atoms with Crippen LogP contribution in [0.25, 0.3) is 0 Å². The standard InChI is InChI=1S/C6H6O2/c1-2-5-3-4-8-6(5)7/h2-5H,1H2. The number of carbonyl (C=O) groups excluding carboxylic acids is 1. The molecule has 0 aromatic heterocycles. The molecular formula is C6H6O2. The Labute approximate surface area is 47.5 Å². The van der Waals surface area contributed by atoms with E-state index >= 15 is 0 Å². The molecule has 2 heteroatoms. The van der Waals surface area contributed by atoms with Gasteiger partial charge >= 0.3 is 5.97 Å². The topological polar surface area (TPSA) is 26.3 Å². The number of esters is 1. The number of carbonyl (C=O) groups is 1. The van der Waals surface area contributed by atoms with Crippen LogP contribution in [0.3, 0.4) is 0 Å². The molecule has 0 N–H and O–H groups in total. The zero-order valence-corrected chi connectivity index (χ0v) is 4.33. The summed E-state index contributed by atoms with van der Waals surface area (Å²) in [6, 6.07) is 0. The minimum atomic E-state index is -0.236. The average molecular weight is 110 g/mol. The third-order valence-electron chi connectivity index (χ3n) is 0.996. The second-order valence-electron chi connectivity index (χ2n) is 1.53. The summed E-state index contributed by atoms with van der Waals surface area (Å²) >= 11 is 0. The molecule has 1 unspecified atom stereocenters. The number of hydrogen-bond donors (Lipinski definition) is 0. The third kappa shape index (κ3) is 0.644. The second kappa shape index (κ2) is 1.82. The Bertz CT molecular complexity index is 147. The van der Waals surface area contributed by atoms with E-state index in [0.717, 1.165) is 0 Å². The van der Waals surface area contributed by atoms with Crippen molar-refractivity contribution in [2.75, 3.05) is 0 Å². The van der Waals surface area contributed by atoms with Crippen molar-refractivity contribution < 1.29 is 9.53 Å². The van der Waals surface area contributed by atoms with Gasteiger partial charge in [0.15, 0.2) is 0 Å². The van der Waals surface area contributed by atoms with Crippen LogP contribution in [-0.2, 0) is 9.53 Å². The molecule has 0 amide bonds. The molecule has 0 fully saturated rings. The van der Waals surface area contributed by atoms with E-state index in [0.29, 0.717) is 0 Å². The Kier molecular flexibility index (Phi) is 1.16. The highest BCUT2D eigenvalue weighted by Gasteiger charge is 2.16. The van der Waals surface area contributed by atoms with Gasteiger partial charge in [-0.05, 0) is 6.08 Å². The molecule has 1 aliphatic heterocycles. The minimum absolute atomic E-state index is 0.213. The Morgan fingerprint density at radius 3 is 2.88 bits per heavy atom. The van der Waals surface area contributed by atoms with Gasteiger partial charge in [-0.1, -0.05) is 6.08 Å². The van der Waals surface area contributed by atoms with Crippen LogP contribution in [0.4, 0.5) is 0 Å². The molecule has 0 aliphatic carbocycles. The van der Waals surface area contributed by atoms with Gasteiger partial charge in [0.05, 0.1) is 12.2 Å². The lowest BCUT2D eigenvalue weighted by molar-refractivity contribution is -0.137. The molecule has 8 heavy (non-hydrogen) atoms. The lowest BCUT2D eigenvalue weighted by Crippen LogP contribution is -2.03. The van der Waals surface area contributed by atoms with Crippen molar-refractivity contribution in [3.63, 3.8) is 0 Å². The molecule has 0 aromatic carbocycles. The van der Waals surface area contributed by atoms with Gasteiger partial charge in [0.25, 0.3) is 0 Å². The van der Waals surface area contributed by atoms with Gasteiger partial charge < -0.3 is 4.74 Å². The Morgan fingerprint density at radius 1 is 1.88 bits per heavy atom. The van der Waals surface area contributed by atoms with E-state index in [-0.39, 0.29) is 11.9 Å². The van der Waals surface area contributed by atoms with E-state index in [1.165, 1.54) is 6.26 Å². The summed E-state index contributed by atoms with van der Waals surface area (Å²) in [5.74, 6) is -0.449. The minimum Gasteiger partial charge on any atom is -0.434 e. The van der Waals surface area contributed by atoms with Crippen molar-refractivity contribution in [2.45, 2.75) is 0 Å². The van der Waals surface area contributed by atoms with Gasteiger partial charge in [0, 0.05) is 0 Å². The van der Waals surface area contributed by atoms with Crippen molar-refractivity contribution in [3.8, 4) is 0 Å². The van der Waals surface area contributed by atoms with Crippen LogP contribution in [0.2, 0.25) is 0 Å². The Balaban J connectivity index is 2.66. The molecule has 2 nitrogen and oxygen atoms in total. The summed E-state index contributed by atoms with van der Waals surface area (Å²) in [6.45, 7) is 3.44. The van der Waals surface area contributed by atoms with Crippen LogP contribution in [0, 0.1) is 5.92 Å². The molecule has 0 bridgehead atoms. The first-order valence-corrected chi connectivity index (χ1v) is 2.34. The fraction of sp³-hybridized carbons (Fsp3) is 0.167. The van der Waals surface area contributed by atoms with E-state index in [9.17, 15) is 4.79 Å². The largest absolute Gasteiger partial charge is 0.434 e. The molecule has 1 rings (SSSR count). The molecule has 0 spiro atoms. The maximum Gasteiger partial charge on any atom is 0.321 e. The zero-order valence-electron chi connectivity index (χ0n) is 4.33. The highest BCUT2D eigenvalue weighted by molar-refractivity contribution is 5.79. The van der Waals surface area contributed by atoms with E-state index in [1.54, 1.807) is 12.2 Å². The fourth-order valence-corrected chi connectivity index (χ4v) is 0.523. The van der Waals surface area contributed by atoms with Crippen molar-refractivity contribution in [3.05, 3.63) is 25.0 Å². The van der Waals surface area contributed by atoms with Crippen molar-refractivity contribution in [1.29, 1.82) is 0 Å². The quantitative estimate of drug-likeness (QED) is 0.369. The maximum absolute atomic E-state index is 10.4. The predicted molar refractivity (Wildman–Crippen MR) is 28.9 cm³/mol. The van der Waals surface area contributed by atoms with E-state index in [4.69, 9.17) is 0 Å². The normalized spacial score (nSPS) is 25.5. The highest BCUT2D eigenvalue weighted by Crippen LogP contribution is 2.09. The van der Waals surface area contributed by atoms with Crippen LogP contribution in [0.1, 0.15) is 0 Å². The molecule has 0 saturated carbocycles. The maximum atomic E-state index is 10.4. The number of cyclic esters (lactones) is 1. The van der Waals surface area contributed by atoms with Crippen LogP contribution in [-0.4, -0.2) is 5.97 Å². The fourth-order valence-electron chi connectivity index (χ4n) is 0.523. The number of ether oxygens (including phenoxy) is 1. The summed E-state index contributed by atoms with van der Waals surface area (Å²) in [4.78, 5) is 10.4. The first kappa shape index (κ1) is 5.09. The summed E-state index contributed by atoms with van der Waals surface area (Å²) in [5.41, 5.74) is 0. The Morgan fingerprint density at radius 2 is 2.62 bits per heavy atom. The lowest BCUT2D eigenvalue weighted by Gasteiger charge is -1.91. The van der Waals surface area contributed by atoms with Crippen molar-refractivity contribution in [1.82, 2.24) is 0 Å².